The average molecular weight is 760 g/mol. The molecule has 0 radical (unpaired) electrons. The first kappa shape index (κ1) is 38.6. The number of aryl methyl sites for hydroxylation is 3. The fourth-order valence-corrected chi connectivity index (χ4v) is 8.09. The highest BCUT2D eigenvalue weighted by atomic mass is 16.3. The van der Waals surface area contributed by atoms with Crippen molar-refractivity contribution in [2.24, 2.45) is 0 Å². The number of pyridine rings is 1. The van der Waals surface area contributed by atoms with Crippen molar-refractivity contribution in [3.05, 3.63) is 167 Å². The number of nitrogens with zero attached hydrogens (tertiary/aromatic N) is 3. The van der Waals surface area contributed by atoms with Crippen LogP contribution in [0.4, 0.5) is 0 Å². The number of fused-ring (bicyclic) bond motifs is 1. The van der Waals surface area contributed by atoms with E-state index in [-0.39, 0.29) is 16.6 Å². The summed E-state index contributed by atoms with van der Waals surface area (Å²) in [6.45, 7) is 21.9. The van der Waals surface area contributed by atoms with Gasteiger partial charge in [-0.2, -0.15) is 0 Å². The van der Waals surface area contributed by atoms with Crippen LogP contribution in [0.1, 0.15) is 74.9 Å². The molecule has 2 heterocycles. The van der Waals surface area contributed by atoms with Crippen molar-refractivity contribution in [3.63, 3.8) is 0 Å². The number of hydrogen-bond acceptors (Lipinski definition) is 3. The van der Waals surface area contributed by atoms with Gasteiger partial charge in [-0.25, -0.2) is 4.98 Å². The van der Waals surface area contributed by atoms with Crippen molar-refractivity contribution in [1.29, 1.82) is 0 Å². The molecule has 58 heavy (non-hydrogen) atoms. The lowest BCUT2D eigenvalue weighted by Crippen LogP contribution is -2.11. The number of phenols is 1. The Hall–Kier alpha value is -6.26. The summed E-state index contributed by atoms with van der Waals surface area (Å²) in [6, 6.07) is 45.7. The topological polar surface area (TPSA) is 50.9 Å². The van der Waals surface area contributed by atoms with Gasteiger partial charge in [0.2, 0.25) is 0 Å². The SMILES string of the molecule is Cc1cc(C)c(O)c(-c2nc3c(-c4cc(-c5cc(-c6ccc(C(C)(C)C)cc6)ccn5)cc(C(C)(C)C)c4)cccc3n2-c2cc(C)c(C)c(-c3ccccc3)c2)c1. The molecule has 0 bridgehead atoms. The van der Waals surface area contributed by atoms with E-state index in [2.05, 4.69) is 182 Å². The minimum atomic E-state index is -0.123. The number of aromatic nitrogens is 3. The van der Waals surface area contributed by atoms with Crippen LogP contribution in [0.25, 0.3) is 72.7 Å². The first-order chi connectivity index (χ1) is 27.6. The van der Waals surface area contributed by atoms with E-state index in [1.165, 1.54) is 33.4 Å². The minimum absolute atomic E-state index is 0.0920. The Labute approximate surface area is 343 Å². The van der Waals surface area contributed by atoms with Crippen LogP contribution in [-0.4, -0.2) is 19.6 Å². The van der Waals surface area contributed by atoms with Gasteiger partial charge in [-0.3, -0.25) is 9.55 Å². The van der Waals surface area contributed by atoms with Gasteiger partial charge in [-0.1, -0.05) is 120 Å². The van der Waals surface area contributed by atoms with Crippen LogP contribution in [0.15, 0.2) is 134 Å². The van der Waals surface area contributed by atoms with E-state index in [9.17, 15) is 5.11 Å². The zero-order valence-electron chi connectivity index (χ0n) is 35.5. The molecule has 4 heteroatoms. The minimum Gasteiger partial charge on any atom is -0.507 e. The lowest BCUT2D eigenvalue weighted by atomic mass is 9.83. The van der Waals surface area contributed by atoms with Crippen LogP contribution in [0.2, 0.25) is 0 Å². The maximum atomic E-state index is 11.7. The predicted octanol–water partition coefficient (Wildman–Crippen LogP) is 14.3. The summed E-state index contributed by atoms with van der Waals surface area (Å²) in [5.74, 6) is 0.944. The second-order valence-corrected chi connectivity index (χ2v) is 18.0. The monoisotopic (exact) mass is 759 g/mol. The molecule has 1 N–H and O–H groups in total. The third-order valence-corrected chi connectivity index (χ3v) is 11.6. The van der Waals surface area contributed by atoms with Gasteiger partial charge in [0.25, 0.3) is 0 Å². The Kier molecular flexibility index (Phi) is 9.72. The van der Waals surface area contributed by atoms with Gasteiger partial charge < -0.3 is 5.11 Å². The Morgan fingerprint density at radius 2 is 1.22 bits per heavy atom. The molecule has 6 aromatic carbocycles. The molecular weight excluding hydrogens is 707 g/mol. The predicted molar refractivity (Wildman–Crippen MR) is 244 cm³/mol. The molecule has 2 aromatic heterocycles. The quantitative estimate of drug-likeness (QED) is 0.184. The Morgan fingerprint density at radius 3 is 1.93 bits per heavy atom. The number of benzene rings is 6. The van der Waals surface area contributed by atoms with Crippen molar-refractivity contribution in [1.82, 2.24) is 14.5 Å². The zero-order chi connectivity index (χ0) is 41.1. The summed E-state index contributed by atoms with van der Waals surface area (Å²) >= 11 is 0. The fraction of sp³-hybridized carbons (Fsp3) is 0.222. The molecule has 0 saturated carbocycles. The second-order valence-electron chi connectivity index (χ2n) is 18.0. The van der Waals surface area contributed by atoms with Crippen molar-refractivity contribution in [3.8, 4) is 67.5 Å². The summed E-state index contributed by atoms with van der Waals surface area (Å²) in [7, 11) is 0. The first-order valence-electron chi connectivity index (χ1n) is 20.3. The Morgan fingerprint density at radius 1 is 0.517 bits per heavy atom. The van der Waals surface area contributed by atoms with Gasteiger partial charge in [0.15, 0.2) is 0 Å². The summed E-state index contributed by atoms with van der Waals surface area (Å²) in [5, 5.41) is 11.7. The van der Waals surface area contributed by atoms with Gasteiger partial charge in [0.1, 0.15) is 11.6 Å². The average Bonchev–Trinajstić information content (AvgIpc) is 3.59. The smallest absolute Gasteiger partial charge is 0.149 e. The molecule has 0 saturated heterocycles. The number of aromatic hydroxyl groups is 1. The number of imidazole rings is 1. The van der Waals surface area contributed by atoms with Gasteiger partial charge >= 0.3 is 0 Å². The third-order valence-electron chi connectivity index (χ3n) is 11.6. The summed E-state index contributed by atoms with van der Waals surface area (Å²) in [4.78, 5) is 10.4. The second kappa shape index (κ2) is 14.6. The molecule has 0 aliphatic rings. The van der Waals surface area contributed by atoms with Crippen LogP contribution < -0.4 is 0 Å². The van der Waals surface area contributed by atoms with E-state index in [1.807, 2.05) is 25.3 Å². The number of para-hydroxylation sites is 1. The molecule has 0 amide bonds. The molecule has 8 aromatic rings. The molecule has 0 spiro atoms. The molecule has 4 nitrogen and oxygen atoms in total. The van der Waals surface area contributed by atoms with E-state index in [4.69, 9.17) is 9.97 Å². The van der Waals surface area contributed by atoms with Crippen molar-refractivity contribution < 1.29 is 5.11 Å². The highest BCUT2D eigenvalue weighted by Gasteiger charge is 2.24. The number of hydrogen-bond donors (Lipinski definition) is 1. The Balaban J connectivity index is 1.35. The maximum Gasteiger partial charge on any atom is 0.149 e. The molecule has 290 valence electrons. The summed E-state index contributed by atoms with van der Waals surface area (Å²) < 4.78 is 2.23. The summed E-state index contributed by atoms with van der Waals surface area (Å²) in [5.41, 5.74) is 19.1. The van der Waals surface area contributed by atoms with Crippen LogP contribution in [0.5, 0.6) is 5.75 Å². The van der Waals surface area contributed by atoms with E-state index in [0.717, 1.165) is 61.4 Å². The molecule has 0 atom stereocenters. The standard InChI is InChI=1S/C54H53N3O/c1-33-25-35(3)51(58)47(26-33)52-56-50-45(17-14-18-49(50)57(52)44-27-34(2)36(4)46(32-44)38-15-12-11-13-16-38)40-28-41(30-43(29-40)54(8,9)10)48-31-39(23-24-55-48)37-19-21-42(22-20-37)53(5,6)7/h11-32,58H,1-10H3. The fourth-order valence-electron chi connectivity index (χ4n) is 8.09. The Bertz CT molecular complexity index is 2830. The third kappa shape index (κ3) is 7.24. The molecule has 0 fully saturated rings. The molecule has 8 rings (SSSR count). The van der Waals surface area contributed by atoms with Crippen molar-refractivity contribution in [2.45, 2.75) is 80.1 Å². The highest BCUT2D eigenvalue weighted by Crippen LogP contribution is 2.42. The first-order valence-corrected chi connectivity index (χ1v) is 20.3. The van der Waals surface area contributed by atoms with Crippen LogP contribution >= 0.6 is 0 Å². The number of phenolic OH excluding ortho intramolecular Hbond substituents is 1. The largest absolute Gasteiger partial charge is 0.507 e. The van der Waals surface area contributed by atoms with Crippen molar-refractivity contribution >= 4 is 11.0 Å². The number of rotatable bonds is 6. The molecule has 0 aliphatic heterocycles. The normalized spacial score (nSPS) is 12.0. The van der Waals surface area contributed by atoms with E-state index in [1.54, 1.807) is 0 Å². The lowest BCUT2D eigenvalue weighted by Gasteiger charge is -2.22. The van der Waals surface area contributed by atoms with Gasteiger partial charge in [-0.05, 0) is 148 Å². The maximum absolute atomic E-state index is 11.7. The van der Waals surface area contributed by atoms with Gasteiger partial charge in [0, 0.05) is 23.0 Å². The lowest BCUT2D eigenvalue weighted by molar-refractivity contribution is 0.472. The summed E-state index contributed by atoms with van der Waals surface area (Å²) in [6.07, 6.45) is 1.92. The van der Waals surface area contributed by atoms with E-state index >= 15 is 0 Å². The molecule has 0 aliphatic carbocycles. The van der Waals surface area contributed by atoms with Crippen LogP contribution in [-0.2, 0) is 10.8 Å². The van der Waals surface area contributed by atoms with Crippen LogP contribution in [0, 0.1) is 27.7 Å². The highest BCUT2D eigenvalue weighted by molar-refractivity contribution is 5.97. The van der Waals surface area contributed by atoms with E-state index in [0.29, 0.717) is 11.4 Å². The zero-order valence-corrected chi connectivity index (χ0v) is 35.5. The van der Waals surface area contributed by atoms with Gasteiger partial charge in [0.05, 0.1) is 22.3 Å². The van der Waals surface area contributed by atoms with Crippen molar-refractivity contribution in [2.75, 3.05) is 0 Å². The van der Waals surface area contributed by atoms with E-state index < -0.39 is 0 Å². The van der Waals surface area contributed by atoms with Gasteiger partial charge in [-0.15, -0.1) is 0 Å². The van der Waals surface area contributed by atoms with Crippen LogP contribution in [0.3, 0.4) is 0 Å². The molecular formula is C54H53N3O. The molecule has 0 unspecified atom stereocenters.